The molecule has 0 fully saturated rings. The first-order valence-corrected chi connectivity index (χ1v) is 9.19. The second kappa shape index (κ2) is 9.77. The number of ether oxygens (including phenoxy) is 2. The number of nitrogens with zero attached hydrogens (tertiary/aromatic N) is 2. The number of nitrogen functional groups attached to an aromatic ring is 1. The standard InChI is InChI=1S/C18H22N4O4S/c1-4-26-17(24)14-10-21-18(22-15(14)19)27-11(2)16(23)20-9-12-5-7-13(25-3)8-6-12/h5-8,10-11H,4,9H2,1-3H3,(H,20,23)(H2,19,21,22). The van der Waals surface area contributed by atoms with Gasteiger partial charge in [-0.25, -0.2) is 14.8 Å². The largest absolute Gasteiger partial charge is 0.497 e. The fourth-order valence-electron chi connectivity index (χ4n) is 2.09. The maximum Gasteiger partial charge on any atom is 0.343 e. The van der Waals surface area contributed by atoms with Crippen LogP contribution in [0.1, 0.15) is 29.8 Å². The van der Waals surface area contributed by atoms with Crippen LogP contribution in [0.2, 0.25) is 0 Å². The number of aromatic nitrogens is 2. The lowest BCUT2D eigenvalue weighted by molar-refractivity contribution is -0.120. The Hall–Kier alpha value is -2.81. The van der Waals surface area contributed by atoms with Crippen LogP contribution >= 0.6 is 11.8 Å². The number of carbonyl (C=O) groups excluding carboxylic acids is 2. The van der Waals surface area contributed by atoms with Crippen molar-refractivity contribution in [3.63, 3.8) is 0 Å². The Morgan fingerprint density at radius 2 is 2.00 bits per heavy atom. The molecule has 0 aliphatic heterocycles. The number of carbonyl (C=O) groups is 2. The van der Waals surface area contributed by atoms with Crippen LogP contribution in [-0.2, 0) is 16.1 Å². The summed E-state index contributed by atoms with van der Waals surface area (Å²) in [7, 11) is 1.60. The predicted molar refractivity (Wildman–Crippen MR) is 103 cm³/mol. The third kappa shape index (κ3) is 5.85. The van der Waals surface area contributed by atoms with Gasteiger partial charge in [0.15, 0.2) is 5.16 Å². The number of methoxy groups -OCH3 is 1. The minimum atomic E-state index is -0.572. The summed E-state index contributed by atoms with van der Waals surface area (Å²) in [4.78, 5) is 32.1. The molecule has 9 heteroatoms. The Balaban J connectivity index is 1.91. The number of nitrogens with two attached hydrogens (primary N) is 1. The van der Waals surface area contributed by atoms with Gasteiger partial charge in [-0.1, -0.05) is 23.9 Å². The highest BCUT2D eigenvalue weighted by molar-refractivity contribution is 8.00. The molecule has 2 aromatic rings. The first-order chi connectivity index (χ1) is 12.9. The number of anilines is 1. The summed E-state index contributed by atoms with van der Waals surface area (Å²) >= 11 is 1.15. The molecule has 1 unspecified atom stereocenters. The molecule has 1 amide bonds. The van der Waals surface area contributed by atoms with Crippen molar-refractivity contribution in [2.75, 3.05) is 19.5 Å². The molecule has 1 aromatic carbocycles. The molecule has 0 bridgehead atoms. The van der Waals surface area contributed by atoms with Gasteiger partial charge in [-0.3, -0.25) is 4.79 Å². The summed E-state index contributed by atoms with van der Waals surface area (Å²) in [6, 6.07) is 7.44. The predicted octanol–water partition coefficient (Wildman–Crippen LogP) is 2.04. The van der Waals surface area contributed by atoms with Crippen LogP contribution in [0.15, 0.2) is 35.6 Å². The maximum atomic E-state index is 12.3. The van der Waals surface area contributed by atoms with Crippen molar-refractivity contribution in [3.05, 3.63) is 41.6 Å². The molecular weight excluding hydrogens is 368 g/mol. The van der Waals surface area contributed by atoms with E-state index in [1.807, 2.05) is 24.3 Å². The van der Waals surface area contributed by atoms with Gasteiger partial charge in [-0.15, -0.1) is 0 Å². The molecule has 0 spiro atoms. The van der Waals surface area contributed by atoms with Crippen molar-refractivity contribution in [3.8, 4) is 5.75 Å². The zero-order valence-electron chi connectivity index (χ0n) is 15.4. The number of benzene rings is 1. The van der Waals surface area contributed by atoms with Crippen molar-refractivity contribution in [2.45, 2.75) is 30.8 Å². The number of amides is 1. The van der Waals surface area contributed by atoms with Crippen LogP contribution in [0.5, 0.6) is 5.75 Å². The molecule has 144 valence electrons. The molecule has 0 aliphatic carbocycles. The van der Waals surface area contributed by atoms with Crippen LogP contribution in [0.3, 0.4) is 0 Å². The van der Waals surface area contributed by atoms with E-state index in [4.69, 9.17) is 15.2 Å². The van der Waals surface area contributed by atoms with E-state index < -0.39 is 11.2 Å². The van der Waals surface area contributed by atoms with Gasteiger partial charge in [0, 0.05) is 12.7 Å². The average Bonchev–Trinajstić information content (AvgIpc) is 2.66. The first kappa shape index (κ1) is 20.5. The summed E-state index contributed by atoms with van der Waals surface area (Å²) in [5, 5.41) is 2.73. The Labute approximate surface area is 161 Å². The van der Waals surface area contributed by atoms with Gasteiger partial charge < -0.3 is 20.5 Å². The highest BCUT2D eigenvalue weighted by Crippen LogP contribution is 2.22. The molecule has 8 nitrogen and oxygen atoms in total. The van der Waals surface area contributed by atoms with Gasteiger partial charge in [-0.2, -0.15) is 0 Å². The van der Waals surface area contributed by atoms with Crippen LogP contribution in [0.4, 0.5) is 5.82 Å². The van der Waals surface area contributed by atoms with E-state index in [1.54, 1.807) is 21.0 Å². The highest BCUT2D eigenvalue weighted by Gasteiger charge is 2.18. The maximum absolute atomic E-state index is 12.3. The Bertz CT molecular complexity index is 798. The minimum absolute atomic E-state index is 0.0248. The highest BCUT2D eigenvalue weighted by atomic mass is 32.2. The van der Waals surface area contributed by atoms with Gasteiger partial charge in [0.2, 0.25) is 5.91 Å². The number of hydrogen-bond acceptors (Lipinski definition) is 8. The van der Waals surface area contributed by atoms with Gasteiger partial charge in [0.1, 0.15) is 17.1 Å². The topological polar surface area (TPSA) is 116 Å². The molecule has 1 atom stereocenters. The zero-order valence-corrected chi connectivity index (χ0v) is 16.2. The summed E-state index contributed by atoms with van der Waals surface area (Å²) in [5.41, 5.74) is 6.85. The molecule has 27 heavy (non-hydrogen) atoms. The number of hydrogen-bond donors (Lipinski definition) is 2. The van der Waals surface area contributed by atoms with E-state index in [-0.39, 0.29) is 23.9 Å². The molecule has 2 rings (SSSR count). The molecule has 0 saturated heterocycles. The molecule has 3 N–H and O–H groups in total. The Morgan fingerprint density at radius 3 is 2.59 bits per heavy atom. The van der Waals surface area contributed by atoms with Gasteiger partial charge in [-0.05, 0) is 31.5 Å². The molecular formula is C18H22N4O4S. The van der Waals surface area contributed by atoms with Crippen LogP contribution in [0.25, 0.3) is 0 Å². The van der Waals surface area contributed by atoms with E-state index in [9.17, 15) is 9.59 Å². The quantitative estimate of drug-likeness (QED) is 0.400. The fourth-order valence-corrected chi connectivity index (χ4v) is 2.86. The lowest BCUT2D eigenvalue weighted by Gasteiger charge is -2.12. The van der Waals surface area contributed by atoms with Crippen molar-refractivity contribution in [1.29, 1.82) is 0 Å². The summed E-state index contributed by atoms with van der Waals surface area (Å²) in [6.45, 7) is 4.08. The molecule has 1 heterocycles. The fraction of sp³-hybridized carbons (Fsp3) is 0.333. The second-order valence-electron chi connectivity index (χ2n) is 5.50. The zero-order chi connectivity index (χ0) is 19.8. The van der Waals surface area contributed by atoms with E-state index in [1.165, 1.54) is 6.20 Å². The lowest BCUT2D eigenvalue weighted by atomic mass is 10.2. The third-order valence-electron chi connectivity index (χ3n) is 3.57. The first-order valence-electron chi connectivity index (χ1n) is 8.31. The molecule has 0 radical (unpaired) electrons. The SMILES string of the molecule is CCOC(=O)c1cnc(SC(C)C(=O)NCc2ccc(OC)cc2)nc1N. The summed E-state index contributed by atoms with van der Waals surface area (Å²) < 4.78 is 9.98. The third-order valence-corrected chi connectivity index (χ3v) is 4.54. The minimum Gasteiger partial charge on any atom is -0.497 e. The number of rotatable bonds is 8. The molecule has 0 aliphatic rings. The Kier molecular flexibility index (Phi) is 7.42. The molecule has 1 aromatic heterocycles. The Morgan fingerprint density at radius 1 is 1.30 bits per heavy atom. The van der Waals surface area contributed by atoms with E-state index in [0.29, 0.717) is 11.7 Å². The van der Waals surface area contributed by atoms with E-state index in [2.05, 4.69) is 15.3 Å². The summed E-state index contributed by atoms with van der Waals surface area (Å²) in [5.74, 6) is 0.0519. The van der Waals surface area contributed by atoms with Crippen molar-refractivity contribution in [1.82, 2.24) is 15.3 Å². The van der Waals surface area contributed by atoms with E-state index >= 15 is 0 Å². The number of nitrogens with one attached hydrogen (secondary N) is 1. The van der Waals surface area contributed by atoms with Crippen molar-refractivity contribution in [2.24, 2.45) is 0 Å². The smallest absolute Gasteiger partial charge is 0.343 e. The van der Waals surface area contributed by atoms with Crippen molar-refractivity contribution >= 4 is 29.5 Å². The number of thioether (sulfide) groups is 1. The van der Waals surface area contributed by atoms with E-state index in [0.717, 1.165) is 23.1 Å². The average molecular weight is 390 g/mol. The van der Waals surface area contributed by atoms with Crippen LogP contribution in [0, 0.1) is 0 Å². The van der Waals surface area contributed by atoms with Crippen molar-refractivity contribution < 1.29 is 19.1 Å². The van der Waals surface area contributed by atoms with Crippen LogP contribution < -0.4 is 15.8 Å². The second-order valence-corrected chi connectivity index (χ2v) is 6.81. The monoisotopic (exact) mass is 390 g/mol. The number of esters is 1. The van der Waals surface area contributed by atoms with Crippen LogP contribution in [-0.4, -0.2) is 40.8 Å². The van der Waals surface area contributed by atoms with Gasteiger partial charge >= 0.3 is 5.97 Å². The normalized spacial score (nSPS) is 11.5. The van der Waals surface area contributed by atoms with Gasteiger partial charge in [0.25, 0.3) is 0 Å². The summed E-state index contributed by atoms with van der Waals surface area (Å²) in [6.07, 6.45) is 1.31. The van der Waals surface area contributed by atoms with Gasteiger partial charge in [0.05, 0.1) is 19.0 Å². The molecule has 0 saturated carbocycles. The lowest BCUT2D eigenvalue weighted by Crippen LogP contribution is -2.30.